The van der Waals surface area contributed by atoms with Crippen LogP contribution in [-0.4, -0.2) is 12.1 Å². The zero-order valence-electron chi connectivity index (χ0n) is 9.84. The maximum Gasteiger partial charge on any atom is 0.0472 e. The van der Waals surface area contributed by atoms with Gasteiger partial charge in [-0.05, 0) is 19.3 Å². The Bertz CT molecular complexity index is 173. The second-order valence-electron chi connectivity index (χ2n) is 3.75. The highest BCUT2D eigenvalue weighted by Crippen LogP contribution is 2.12. The van der Waals surface area contributed by atoms with Gasteiger partial charge in [-0.2, -0.15) is 0 Å². The maximum atomic E-state index is 5.97. The third-order valence-electron chi connectivity index (χ3n) is 2.43. The molecule has 0 saturated heterocycles. The van der Waals surface area contributed by atoms with Gasteiger partial charge in [0.1, 0.15) is 0 Å². The molecule has 0 aliphatic carbocycles. The molecular weight excluding hydrogens is 174 g/mol. The Kier molecular flexibility index (Phi) is 7.30. The van der Waals surface area contributed by atoms with Crippen LogP contribution >= 0.6 is 0 Å². The van der Waals surface area contributed by atoms with Crippen molar-refractivity contribution in [2.45, 2.75) is 52.4 Å². The molecule has 0 aromatic heterocycles. The number of nitrogens with zero attached hydrogens (tertiary/aromatic N) is 1. The van der Waals surface area contributed by atoms with Crippen LogP contribution in [0, 0.1) is 0 Å². The Labute approximate surface area is 88.1 Å². The van der Waals surface area contributed by atoms with Crippen LogP contribution in [0.15, 0.2) is 11.4 Å². The van der Waals surface area contributed by atoms with Crippen LogP contribution in [0.3, 0.4) is 0 Å². The molecule has 3 nitrogen and oxygen atoms in total. The van der Waals surface area contributed by atoms with E-state index in [0.717, 1.165) is 24.2 Å². The molecular formula is C11H25N3. The molecule has 0 aliphatic rings. The summed E-state index contributed by atoms with van der Waals surface area (Å²) in [6.07, 6.45) is 6.89. The summed E-state index contributed by atoms with van der Waals surface area (Å²) in [7, 11) is 1.84. The Morgan fingerprint density at radius 3 is 2.21 bits per heavy atom. The highest BCUT2D eigenvalue weighted by Gasteiger charge is 2.03. The van der Waals surface area contributed by atoms with E-state index in [2.05, 4.69) is 13.8 Å². The molecule has 0 rings (SSSR count). The molecule has 0 radical (unpaired) electrons. The van der Waals surface area contributed by atoms with E-state index < -0.39 is 0 Å². The maximum absolute atomic E-state index is 5.97. The first-order valence-electron chi connectivity index (χ1n) is 5.59. The Morgan fingerprint density at radius 1 is 1.14 bits per heavy atom. The molecule has 0 aromatic rings. The van der Waals surface area contributed by atoms with Gasteiger partial charge in [-0.3, -0.25) is 0 Å². The van der Waals surface area contributed by atoms with Crippen molar-refractivity contribution in [3.63, 3.8) is 0 Å². The van der Waals surface area contributed by atoms with Crippen LogP contribution in [0.4, 0.5) is 0 Å². The Balaban J connectivity index is 3.94. The van der Waals surface area contributed by atoms with Crippen LogP contribution in [0.2, 0.25) is 0 Å². The van der Waals surface area contributed by atoms with Gasteiger partial charge in [0, 0.05) is 18.4 Å². The summed E-state index contributed by atoms with van der Waals surface area (Å²) in [6, 6.07) is 0. The minimum absolute atomic E-state index is 0.909. The zero-order chi connectivity index (χ0) is 11.0. The lowest BCUT2D eigenvalue weighted by Gasteiger charge is -2.18. The second-order valence-corrected chi connectivity index (χ2v) is 3.75. The summed E-state index contributed by atoms with van der Waals surface area (Å²) in [6.45, 7) is 4.29. The summed E-state index contributed by atoms with van der Waals surface area (Å²) in [4.78, 5) is 0. The monoisotopic (exact) mass is 199 g/mol. The van der Waals surface area contributed by atoms with Crippen molar-refractivity contribution >= 4 is 0 Å². The van der Waals surface area contributed by atoms with Crippen molar-refractivity contribution in [1.82, 2.24) is 5.01 Å². The first-order valence-corrected chi connectivity index (χ1v) is 5.59. The van der Waals surface area contributed by atoms with Gasteiger partial charge in [-0.15, -0.1) is 0 Å². The number of allylic oxidation sites excluding steroid dienone is 2. The summed E-state index contributed by atoms with van der Waals surface area (Å²) in [5, 5.41) is 1.63. The second kappa shape index (κ2) is 7.68. The largest absolute Gasteiger partial charge is 0.401 e. The number of hydrazine groups is 1. The molecule has 0 aliphatic heterocycles. The van der Waals surface area contributed by atoms with Crippen LogP contribution in [-0.2, 0) is 0 Å². The lowest BCUT2D eigenvalue weighted by molar-refractivity contribution is 0.416. The third kappa shape index (κ3) is 5.12. The van der Waals surface area contributed by atoms with Crippen molar-refractivity contribution < 1.29 is 0 Å². The van der Waals surface area contributed by atoms with Crippen LogP contribution in [0.1, 0.15) is 52.4 Å². The number of rotatable bonds is 7. The number of nitrogens with two attached hydrogens (primary N) is 2. The van der Waals surface area contributed by atoms with Gasteiger partial charge in [0.25, 0.3) is 0 Å². The van der Waals surface area contributed by atoms with E-state index in [-0.39, 0.29) is 0 Å². The van der Waals surface area contributed by atoms with E-state index in [1.807, 2.05) is 7.05 Å². The molecule has 84 valence electrons. The average Bonchev–Trinajstić information content (AvgIpc) is 2.13. The molecule has 0 saturated carbocycles. The third-order valence-corrected chi connectivity index (χ3v) is 2.43. The highest BCUT2D eigenvalue weighted by molar-refractivity contribution is 5.08. The predicted molar refractivity (Wildman–Crippen MR) is 62.2 cm³/mol. The standard InChI is InChI=1S/C11H25N3/c1-4-6-7-8-9-10(12)11(5-2)14(3)13/h4-9,12-13H2,1-3H3/b11-10-. The first-order chi connectivity index (χ1) is 6.63. The summed E-state index contributed by atoms with van der Waals surface area (Å²) in [5.41, 5.74) is 7.99. The molecule has 0 atom stereocenters. The minimum atomic E-state index is 0.909. The van der Waals surface area contributed by atoms with Crippen LogP contribution in [0.25, 0.3) is 0 Å². The van der Waals surface area contributed by atoms with Crippen LogP contribution < -0.4 is 11.6 Å². The molecule has 0 bridgehead atoms. The van der Waals surface area contributed by atoms with Crippen molar-refractivity contribution in [3.05, 3.63) is 11.4 Å². The summed E-state index contributed by atoms with van der Waals surface area (Å²) < 4.78 is 0. The minimum Gasteiger partial charge on any atom is -0.401 e. The number of unbranched alkanes of at least 4 members (excludes halogenated alkanes) is 3. The summed E-state index contributed by atoms with van der Waals surface area (Å²) in [5.74, 6) is 5.67. The average molecular weight is 199 g/mol. The highest BCUT2D eigenvalue weighted by atomic mass is 15.4. The molecule has 0 fully saturated rings. The van der Waals surface area contributed by atoms with Crippen molar-refractivity contribution in [2.75, 3.05) is 7.05 Å². The van der Waals surface area contributed by atoms with Gasteiger partial charge >= 0.3 is 0 Å². The predicted octanol–water partition coefficient (Wildman–Crippen LogP) is 2.34. The van der Waals surface area contributed by atoms with Gasteiger partial charge in [0.2, 0.25) is 0 Å². The fourth-order valence-corrected chi connectivity index (χ4v) is 1.59. The Hall–Kier alpha value is -0.700. The normalized spacial score (nSPS) is 12.6. The summed E-state index contributed by atoms with van der Waals surface area (Å²) >= 11 is 0. The van der Waals surface area contributed by atoms with Gasteiger partial charge in [-0.25, -0.2) is 5.84 Å². The van der Waals surface area contributed by atoms with Crippen molar-refractivity contribution in [3.8, 4) is 0 Å². The van der Waals surface area contributed by atoms with E-state index in [4.69, 9.17) is 11.6 Å². The lowest BCUT2D eigenvalue weighted by atomic mass is 10.1. The molecule has 3 heteroatoms. The molecule has 0 heterocycles. The smallest absolute Gasteiger partial charge is 0.0472 e. The molecule has 14 heavy (non-hydrogen) atoms. The quantitative estimate of drug-likeness (QED) is 0.376. The van der Waals surface area contributed by atoms with E-state index in [1.54, 1.807) is 5.01 Å². The van der Waals surface area contributed by atoms with Crippen LogP contribution in [0.5, 0.6) is 0 Å². The zero-order valence-corrected chi connectivity index (χ0v) is 9.84. The topological polar surface area (TPSA) is 55.3 Å². The lowest BCUT2D eigenvalue weighted by Crippen LogP contribution is -2.27. The molecule has 0 aromatic carbocycles. The van der Waals surface area contributed by atoms with E-state index in [0.29, 0.717) is 0 Å². The van der Waals surface area contributed by atoms with Gasteiger partial charge < -0.3 is 10.7 Å². The molecule has 4 N–H and O–H groups in total. The fourth-order valence-electron chi connectivity index (χ4n) is 1.59. The molecule has 0 unspecified atom stereocenters. The molecule has 0 spiro atoms. The van der Waals surface area contributed by atoms with Gasteiger partial charge in [0.05, 0.1) is 0 Å². The van der Waals surface area contributed by atoms with Crippen molar-refractivity contribution in [2.24, 2.45) is 11.6 Å². The Morgan fingerprint density at radius 2 is 1.79 bits per heavy atom. The fraction of sp³-hybridized carbons (Fsp3) is 0.818. The number of hydrogen-bond acceptors (Lipinski definition) is 3. The van der Waals surface area contributed by atoms with E-state index in [9.17, 15) is 0 Å². The van der Waals surface area contributed by atoms with Gasteiger partial charge in [-0.1, -0.05) is 33.1 Å². The van der Waals surface area contributed by atoms with Crippen molar-refractivity contribution in [1.29, 1.82) is 0 Å². The van der Waals surface area contributed by atoms with Gasteiger partial charge in [0.15, 0.2) is 0 Å². The molecule has 0 amide bonds. The first kappa shape index (κ1) is 13.3. The number of hydrogen-bond donors (Lipinski definition) is 2. The van der Waals surface area contributed by atoms with E-state index in [1.165, 1.54) is 25.7 Å². The SMILES string of the molecule is CCCCCC/C(N)=C(\CC)N(C)N. The van der Waals surface area contributed by atoms with E-state index >= 15 is 0 Å².